The molecule has 90 valence electrons. The van der Waals surface area contributed by atoms with Crippen LogP contribution in [-0.4, -0.2) is 25.7 Å². The summed E-state index contributed by atoms with van der Waals surface area (Å²) in [4.78, 5) is 3.80. The lowest BCUT2D eigenvalue weighted by atomic mass is 10.4. The van der Waals surface area contributed by atoms with Crippen molar-refractivity contribution < 1.29 is 12.8 Å². The third-order valence-electron chi connectivity index (χ3n) is 1.71. The molecule has 1 rings (SSSR count). The molecule has 0 amide bonds. The second kappa shape index (κ2) is 5.55. The summed E-state index contributed by atoms with van der Waals surface area (Å²) in [6, 6.07) is 1.27. The normalized spacial score (nSPS) is 11.4. The first-order valence-electron chi connectivity index (χ1n) is 4.44. The molecule has 16 heavy (non-hydrogen) atoms. The van der Waals surface area contributed by atoms with Crippen LogP contribution in [0.2, 0.25) is 0 Å². The van der Waals surface area contributed by atoms with E-state index in [1.807, 2.05) is 0 Å². The first-order valence-corrected chi connectivity index (χ1v) is 6.95. The Morgan fingerprint density at radius 3 is 2.81 bits per heavy atom. The van der Waals surface area contributed by atoms with Crippen LogP contribution in [0.25, 0.3) is 0 Å². The molecule has 0 aliphatic rings. The molecule has 0 aromatic carbocycles. The van der Waals surface area contributed by atoms with Gasteiger partial charge in [-0.3, -0.25) is 0 Å². The van der Waals surface area contributed by atoms with E-state index in [1.165, 1.54) is 12.3 Å². The summed E-state index contributed by atoms with van der Waals surface area (Å²) in [5.41, 5.74) is 0. The molecule has 0 spiro atoms. The van der Waals surface area contributed by atoms with Gasteiger partial charge in [0.2, 0.25) is 10.0 Å². The van der Waals surface area contributed by atoms with E-state index in [0.29, 0.717) is 17.4 Å². The molecule has 8 heteroatoms. The van der Waals surface area contributed by atoms with E-state index in [1.54, 1.807) is 0 Å². The van der Waals surface area contributed by atoms with Crippen molar-refractivity contribution in [3.63, 3.8) is 0 Å². The van der Waals surface area contributed by atoms with Gasteiger partial charge in [-0.2, -0.15) is 0 Å². The number of pyridine rings is 1. The lowest BCUT2D eigenvalue weighted by Crippen LogP contribution is -2.19. The lowest BCUT2D eigenvalue weighted by Gasteiger charge is -2.05. The minimum Gasteiger partial charge on any atom is -0.368 e. The Kier molecular flexibility index (Phi) is 4.63. The van der Waals surface area contributed by atoms with Gasteiger partial charge in [0.1, 0.15) is 0 Å². The SMILES string of the molecule is NS(=O)(=O)CCCNc1ncc(Br)cc1F. The van der Waals surface area contributed by atoms with E-state index < -0.39 is 15.8 Å². The van der Waals surface area contributed by atoms with Gasteiger partial charge in [0.25, 0.3) is 0 Å². The van der Waals surface area contributed by atoms with Crippen LogP contribution in [0.1, 0.15) is 6.42 Å². The van der Waals surface area contributed by atoms with Gasteiger partial charge >= 0.3 is 0 Å². The zero-order valence-corrected chi connectivity index (χ0v) is 10.7. The minimum atomic E-state index is -3.46. The molecule has 0 radical (unpaired) electrons. The molecule has 3 N–H and O–H groups in total. The van der Waals surface area contributed by atoms with Crippen LogP contribution in [0.15, 0.2) is 16.7 Å². The highest BCUT2D eigenvalue weighted by atomic mass is 79.9. The predicted octanol–water partition coefficient (Wildman–Crippen LogP) is 1.07. The zero-order chi connectivity index (χ0) is 12.2. The first kappa shape index (κ1) is 13.3. The minimum absolute atomic E-state index is 0.0950. The van der Waals surface area contributed by atoms with Crippen molar-refractivity contribution in [3.8, 4) is 0 Å². The van der Waals surface area contributed by atoms with Crippen LogP contribution in [0.5, 0.6) is 0 Å². The Morgan fingerprint density at radius 1 is 1.56 bits per heavy atom. The topological polar surface area (TPSA) is 85.1 Å². The maximum Gasteiger partial charge on any atom is 0.209 e. The summed E-state index contributed by atoms with van der Waals surface area (Å²) in [5.74, 6) is -0.541. The van der Waals surface area contributed by atoms with Gasteiger partial charge in [0, 0.05) is 17.2 Å². The van der Waals surface area contributed by atoms with Crippen LogP contribution in [0, 0.1) is 5.82 Å². The standard InChI is InChI=1S/C8H11BrFN3O2S/c9-6-4-7(10)8(13-5-6)12-2-1-3-16(11,14)15/h4-5H,1-3H2,(H,12,13)(H2,11,14,15). The van der Waals surface area contributed by atoms with Gasteiger partial charge in [0.05, 0.1) is 5.75 Å². The Labute approximate surface area is 101 Å². The molecular weight excluding hydrogens is 301 g/mol. The van der Waals surface area contributed by atoms with Crippen LogP contribution >= 0.6 is 15.9 Å². The maximum absolute atomic E-state index is 13.2. The number of sulfonamides is 1. The number of primary sulfonamides is 1. The third-order valence-corrected chi connectivity index (χ3v) is 3.00. The van der Waals surface area contributed by atoms with E-state index in [0.717, 1.165) is 0 Å². The zero-order valence-electron chi connectivity index (χ0n) is 8.28. The van der Waals surface area contributed by atoms with Crippen molar-refractivity contribution in [2.45, 2.75) is 6.42 Å². The van der Waals surface area contributed by atoms with Crippen LogP contribution in [0.4, 0.5) is 10.2 Å². The molecule has 1 heterocycles. The van der Waals surface area contributed by atoms with Crippen molar-refractivity contribution in [2.24, 2.45) is 5.14 Å². The molecule has 1 aromatic rings. The molecule has 0 atom stereocenters. The van der Waals surface area contributed by atoms with E-state index in [4.69, 9.17) is 5.14 Å². The molecule has 0 aliphatic heterocycles. The van der Waals surface area contributed by atoms with E-state index in [9.17, 15) is 12.8 Å². The predicted molar refractivity (Wildman–Crippen MR) is 63.0 cm³/mol. The van der Waals surface area contributed by atoms with Crippen molar-refractivity contribution in [3.05, 3.63) is 22.6 Å². The third kappa shape index (κ3) is 4.86. The second-order valence-corrected chi connectivity index (χ2v) is 5.78. The molecule has 1 aromatic heterocycles. The van der Waals surface area contributed by atoms with E-state index >= 15 is 0 Å². The van der Waals surface area contributed by atoms with E-state index in [-0.39, 0.29) is 11.6 Å². The Bertz CT molecular complexity index is 466. The number of nitrogens with zero attached hydrogens (tertiary/aromatic N) is 1. The monoisotopic (exact) mass is 311 g/mol. The summed E-state index contributed by atoms with van der Waals surface area (Å²) < 4.78 is 35.0. The van der Waals surface area contributed by atoms with Crippen LogP contribution < -0.4 is 10.5 Å². The fraction of sp³-hybridized carbons (Fsp3) is 0.375. The van der Waals surface area contributed by atoms with Gasteiger partial charge in [-0.15, -0.1) is 0 Å². The average molecular weight is 312 g/mol. The number of anilines is 1. The van der Waals surface area contributed by atoms with Gasteiger partial charge in [-0.1, -0.05) is 0 Å². The fourth-order valence-corrected chi connectivity index (χ4v) is 1.87. The maximum atomic E-state index is 13.2. The Morgan fingerprint density at radius 2 is 2.25 bits per heavy atom. The summed E-state index contributed by atoms with van der Waals surface area (Å²) in [6.45, 7) is 0.294. The average Bonchev–Trinajstić information content (AvgIpc) is 2.13. The number of hydrogen-bond donors (Lipinski definition) is 2. The summed E-state index contributed by atoms with van der Waals surface area (Å²) in [5, 5.41) is 7.50. The quantitative estimate of drug-likeness (QED) is 0.797. The number of rotatable bonds is 5. The van der Waals surface area contributed by atoms with E-state index in [2.05, 4.69) is 26.2 Å². The lowest BCUT2D eigenvalue weighted by molar-refractivity contribution is 0.595. The highest BCUT2D eigenvalue weighted by Crippen LogP contribution is 2.15. The van der Waals surface area contributed by atoms with Crippen LogP contribution in [-0.2, 0) is 10.0 Å². The molecule has 0 saturated heterocycles. The van der Waals surface area contributed by atoms with Gasteiger partial charge < -0.3 is 5.32 Å². The van der Waals surface area contributed by atoms with Crippen LogP contribution in [0.3, 0.4) is 0 Å². The smallest absolute Gasteiger partial charge is 0.209 e. The number of hydrogen-bond acceptors (Lipinski definition) is 4. The summed E-state index contributed by atoms with van der Waals surface area (Å²) in [6.07, 6.45) is 1.75. The largest absolute Gasteiger partial charge is 0.368 e. The number of halogens is 2. The molecule has 0 bridgehead atoms. The molecule has 0 unspecified atom stereocenters. The molecule has 0 aliphatic carbocycles. The molecule has 0 saturated carbocycles. The highest BCUT2D eigenvalue weighted by molar-refractivity contribution is 9.10. The fourth-order valence-electron chi connectivity index (χ4n) is 1.02. The molecule has 5 nitrogen and oxygen atoms in total. The van der Waals surface area contributed by atoms with Crippen molar-refractivity contribution in [1.82, 2.24) is 4.98 Å². The summed E-state index contributed by atoms with van der Waals surface area (Å²) in [7, 11) is -3.46. The van der Waals surface area contributed by atoms with Crippen molar-refractivity contribution in [1.29, 1.82) is 0 Å². The summed E-state index contributed by atoms with van der Waals surface area (Å²) >= 11 is 3.08. The van der Waals surface area contributed by atoms with Crippen molar-refractivity contribution >= 4 is 31.8 Å². The second-order valence-electron chi connectivity index (χ2n) is 3.13. The Balaban J connectivity index is 2.43. The van der Waals surface area contributed by atoms with Crippen molar-refractivity contribution in [2.75, 3.05) is 17.6 Å². The van der Waals surface area contributed by atoms with Gasteiger partial charge in [-0.25, -0.2) is 22.9 Å². The van der Waals surface area contributed by atoms with Gasteiger partial charge in [0.15, 0.2) is 11.6 Å². The van der Waals surface area contributed by atoms with Gasteiger partial charge in [-0.05, 0) is 28.4 Å². The number of aromatic nitrogens is 1. The number of nitrogens with two attached hydrogens (primary N) is 1. The molecular formula is C8H11BrFN3O2S. The number of nitrogens with one attached hydrogen (secondary N) is 1. The highest BCUT2D eigenvalue weighted by Gasteiger charge is 2.05. The molecule has 0 fully saturated rings. The Hall–Kier alpha value is -0.730. The first-order chi connectivity index (χ1) is 7.38.